The van der Waals surface area contributed by atoms with Gasteiger partial charge in [0.1, 0.15) is 24.7 Å². The Morgan fingerprint density at radius 3 is 2.77 bits per heavy atom. The van der Waals surface area contributed by atoms with Gasteiger partial charge in [-0.3, -0.25) is 9.59 Å². The van der Waals surface area contributed by atoms with Crippen LogP contribution in [0.5, 0.6) is 11.5 Å². The second kappa shape index (κ2) is 8.29. The summed E-state index contributed by atoms with van der Waals surface area (Å²) in [7, 11) is 0. The second-order valence-electron chi connectivity index (χ2n) is 5.44. The zero-order valence-corrected chi connectivity index (χ0v) is 15.0. The van der Waals surface area contributed by atoms with Gasteiger partial charge in [-0.15, -0.1) is 0 Å². The number of anilines is 1. The minimum Gasteiger partial charge on any atom is -0.488 e. The third-order valence-electron chi connectivity index (χ3n) is 3.56. The van der Waals surface area contributed by atoms with Gasteiger partial charge < -0.3 is 19.5 Å². The van der Waals surface area contributed by atoms with Crippen LogP contribution in [0.2, 0.25) is 10.0 Å². The third-order valence-corrected chi connectivity index (χ3v) is 4.09. The molecule has 1 aliphatic rings. The lowest BCUT2D eigenvalue weighted by molar-refractivity contribution is -0.148. The number of hydrogen-bond acceptors (Lipinski definition) is 5. The van der Waals surface area contributed by atoms with Crippen molar-refractivity contribution in [2.24, 2.45) is 0 Å². The van der Waals surface area contributed by atoms with Gasteiger partial charge in [0.15, 0.2) is 6.10 Å². The molecule has 1 aliphatic heterocycles. The molecule has 0 aromatic heterocycles. The Balaban J connectivity index is 1.44. The van der Waals surface area contributed by atoms with Crippen molar-refractivity contribution >= 4 is 40.8 Å². The number of benzene rings is 2. The highest BCUT2D eigenvalue weighted by Gasteiger charge is 2.30. The van der Waals surface area contributed by atoms with Crippen molar-refractivity contribution in [1.82, 2.24) is 0 Å². The number of rotatable bonds is 6. The molecule has 0 saturated heterocycles. The van der Waals surface area contributed by atoms with Gasteiger partial charge in [-0.25, -0.2) is 0 Å². The number of carbonyl (C=O) groups is 2. The molecule has 26 heavy (non-hydrogen) atoms. The summed E-state index contributed by atoms with van der Waals surface area (Å²) >= 11 is 11.8. The topological polar surface area (TPSA) is 73.9 Å². The van der Waals surface area contributed by atoms with Crippen molar-refractivity contribution in [3.05, 3.63) is 52.5 Å². The molecule has 0 saturated carbocycles. The first-order valence-electron chi connectivity index (χ1n) is 7.83. The fourth-order valence-electron chi connectivity index (χ4n) is 2.34. The first-order chi connectivity index (χ1) is 12.5. The van der Waals surface area contributed by atoms with E-state index in [9.17, 15) is 9.59 Å². The Bertz CT molecular complexity index is 827. The van der Waals surface area contributed by atoms with Crippen molar-refractivity contribution < 1.29 is 23.8 Å². The number of fused-ring (bicyclic) bond motifs is 1. The molecule has 0 radical (unpaired) electrons. The predicted molar refractivity (Wildman–Crippen MR) is 97.0 cm³/mol. The van der Waals surface area contributed by atoms with E-state index in [1.807, 2.05) is 0 Å². The predicted octanol–water partition coefficient (Wildman–Crippen LogP) is 3.71. The van der Waals surface area contributed by atoms with Gasteiger partial charge in [-0.2, -0.15) is 0 Å². The summed E-state index contributed by atoms with van der Waals surface area (Å²) in [5.74, 6) is 0.0181. The van der Waals surface area contributed by atoms with Crippen LogP contribution in [0.3, 0.4) is 0 Å². The zero-order valence-electron chi connectivity index (χ0n) is 13.5. The molecule has 0 fully saturated rings. The van der Waals surface area contributed by atoms with Gasteiger partial charge >= 0.3 is 5.97 Å². The Hall–Kier alpha value is -2.44. The van der Waals surface area contributed by atoms with Crippen LogP contribution in [-0.2, 0) is 14.3 Å². The highest BCUT2D eigenvalue weighted by atomic mass is 35.5. The SMILES string of the molecule is O=C(CC1Oc2ccccc2NC1=O)OCCOc1ccc(Cl)cc1Cl. The highest BCUT2D eigenvalue weighted by molar-refractivity contribution is 6.35. The maximum Gasteiger partial charge on any atom is 0.310 e. The number of amides is 1. The van der Waals surface area contributed by atoms with E-state index < -0.39 is 12.1 Å². The summed E-state index contributed by atoms with van der Waals surface area (Å²) in [6, 6.07) is 11.8. The van der Waals surface area contributed by atoms with E-state index >= 15 is 0 Å². The molecular weight excluding hydrogens is 381 g/mol. The van der Waals surface area contributed by atoms with Crippen molar-refractivity contribution in [1.29, 1.82) is 0 Å². The lowest BCUT2D eigenvalue weighted by Crippen LogP contribution is -2.39. The molecule has 1 N–H and O–H groups in total. The van der Waals surface area contributed by atoms with Gasteiger partial charge in [0.05, 0.1) is 17.1 Å². The maximum atomic E-state index is 12.0. The van der Waals surface area contributed by atoms with Gasteiger partial charge in [0, 0.05) is 5.02 Å². The summed E-state index contributed by atoms with van der Waals surface area (Å²) in [5.41, 5.74) is 0.579. The molecule has 1 amide bonds. The monoisotopic (exact) mass is 395 g/mol. The van der Waals surface area contributed by atoms with Crippen LogP contribution in [0.15, 0.2) is 42.5 Å². The van der Waals surface area contributed by atoms with Crippen molar-refractivity contribution in [3.8, 4) is 11.5 Å². The highest BCUT2D eigenvalue weighted by Crippen LogP contribution is 2.30. The minimum atomic E-state index is -0.927. The molecule has 2 aromatic rings. The Labute approximate surface area is 159 Å². The number of para-hydroxylation sites is 2. The molecule has 136 valence electrons. The average Bonchev–Trinajstić information content (AvgIpc) is 2.61. The van der Waals surface area contributed by atoms with Crippen LogP contribution in [0.25, 0.3) is 0 Å². The van der Waals surface area contributed by atoms with E-state index in [-0.39, 0.29) is 25.5 Å². The molecule has 1 unspecified atom stereocenters. The second-order valence-corrected chi connectivity index (χ2v) is 6.28. The van der Waals surface area contributed by atoms with E-state index in [1.54, 1.807) is 42.5 Å². The van der Waals surface area contributed by atoms with E-state index in [2.05, 4.69) is 5.32 Å². The van der Waals surface area contributed by atoms with Crippen molar-refractivity contribution in [2.45, 2.75) is 12.5 Å². The Morgan fingerprint density at radius 2 is 1.96 bits per heavy atom. The number of esters is 1. The normalized spacial score (nSPS) is 15.5. The molecule has 2 aromatic carbocycles. The molecule has 3 rings (SSSR count). The van der Waals surface area contributed by atoms with E-state index in [1.165, 1.54) is 0 Å². The molecule has 0 bridgehead atoms. The first kappa shape index (κ1) is 18.4. The largest absolute Gasteiger partial charge is 0.488 e. The number of nitrogens with one attached hydrogen (secondary N) is 1. The number of carbonyl (C=O) groups excluding carboxylic acids is 2. The number of ether oxygens (including phenoxy) is 3. The molecular formula is C18H15Cl2NO5. The van der Waals surface area contributed by atoms with Crippen LogP contribution >= 0.6 is 23.2 Å². The fourth-order valence-corrected chi connectivity index (χ4v) is 2.80. The molecule has 8 heteroatoms. The lowest BCUT2D eigenvalue weighted by atomic mass is 10.1. The number of halogens is 2. The lowest BCUT2D eigenvalue weighted by Gasteiger charge is -2.25. The standard InChI is InChI=1S/C18H15Cl2NO5/c19-11-5-6-14(12(20)9-11)24-7-8-25-17(22)10-16-18(23)21-13-3-1-2-4-15(13)26-16/h1-6,9,16H,7-8,10H2,(H,21,23). The molecule has 6 nitrogen and oxygen atoms in total. The van der Waals surface area contributed by atoms with Gasteiger partial charge in [-0.05, 0) is 30.3 Å². The molecule has 1 heterocycles. The average molecular weight is 396 g/mol. The van der Waals surface area contributed by atoms with Crippen LogP contribution < -0.4 is 14.8 Å². The van der Waals surface area contributed by atoms with Gasteiger partial charge in [0.2, 0.25) is 0 Å². The van der Waals surface area contributed by atoms with Gasteiger partial charge in [-0.1, -0.05) is 35.3 Å². The Morgan fingerprint density at radius 1 is 1.15 bits per heavy atom. The quantitative estimate of drug-likeness (QED) is 0.596. The molecule has 1 atom stereocenters. The van der Waals surface area contributed by atoms with Crippen LogP contribution in [0.1, 0.15) is 6.42 Å². The first-order valence-corrected chi connectivity index (χ1v) is 8.58. The molecule has 0 spiro atoms. The van der Waals surface area contributed by atoms with Crippen LogP contribution in [0, 0.1) is 0 Å². The molecule has 0 aliphatic carbocycles. The summed E-state index contributed by atoms with van der Waals surface area (Å²) in [5, 5.41) is 3.56. The minimum absolute atomic E-state index is 0.0166. The van der Waals surface area contributed by atoms with Crippen LogP contribution in [-0.4, -0.2) is 31.2 Å². The van der Waals surface area contributed by atoms with E-state index in [0.717, 1.165) is 0 Å². The summed E-state index contributed by atoms with van der Waals surface area (Å²) in [6.45, 7) is 0.135. The zero-order chi connectivity index (χ0) is 18.5. The van der Waals surface area contributed by atoms with E-state index in [0.29, 0.717) is 27.2 Å². The maximum absolute atomic E-state index is 12.0. The number of hydrogen-bond donors (Lipinski definition) is 1. The van der Waals surface area contributed by atoms with Gasteiger partial charge in [0.25, 0.3) is 5.91 Å². The summed E-state index contributed by atoms with van der Waals surface area (Å²) < 4.78 is 16.0. The fraction of sp³-hybridized carbons (Fsp3) is 0.222. The third kappa shape index (κ3) is 4.59. The van der Waals surface area contributed by atoms with Crippen molar-refractivity contribution in [2.75, 3.05) is 18.5 Å². The van der Waals surface area contributed by atoms with E-state index in [4.69, 9.17) is 37.4 Å². The van der Waals surface area contributed by atoms with Crippen LogP contribution in [0.4, 0.5) is 5.69 Å². The summed E-state index contributed by atoms with van der Waals surface area (Å²) in [4.78, 5) is 23.9. The summed E-state index contributed by atoms with van der Waals surface area (Å²) in [6.07, 6.45) is -1.12. The Kier molecular flexibility index (Phi) is 5.85. The smallest absolute Gasteiger partial charge is 0.310 e. The van der Waals surface area contributed by atoms with Crippen molar-refractivity contribution in [3.63, 3.8) is 0 Å².